The van der Waals surface area contributed by atoms with Crippen molar-refractivity contribution in [3.8, 4) is 11.5 Å². The van der Waals surface area contributed by atoms with Crippen molar-refractivity contribution >= 4 is 35.4 Å². The smallest absolute Gasteiger partial charge is 0.461 e. The normalized spacial score (nSPS) is 11.4. The standard InChI is InChI=1S/C30H28F4N2O7/c31-29(32)30(33,34)43-25-11-7-20(8-12-25)28(39)42-24-9-4-19(5-10-24)6-13-26(37)40-14-2-1-3-15-41-27(38)21-16-22(35)18-23(36)17-21/h4-13,16-18,29H,1-3,14-15,35-36H2/b13-6+. The van der Waals surface area contributed by atoms with Gasteiger partial charge in [0.1, 0.15) is 11.5 Å². The molecule has 0 atom stereocenters. The minimum absolute atomic E-state index is 0.0242. The number of alkyl halides is 4. The molecule has 228 valence electrons. The average molecular weight is 605 g/mol. The molecule has 0 saturated carbocycles. The molecule has 0 saturated heterocycles. The van der Waals surface area contributed by atoms with E-state index in [1.807, 2.05) is 0 Å². The molecule has 43 heavy (non-hydrogen) atoms. The Morgan fingerprint density at radius 1 is 0.744 bits per heavy atom. The van der Waals surface area contributed by atoms with E-state index in [9.17, 15) is 31.9 Å². The van der Waals surface area contributed by atoms with Gasteiger partial charge >= 0.3 is 30.4 Å². The molecule has 13 heteroatoms. The van der Waals surface area contributed by atoms with Gasteiger partial charge in [-0.05, 0) is 85.5 Å². The molecule has 0 spiro atoms. The Hall–Kier alpha value is -5.07. The van der Waals surface area contributed by atoms with Crippen molar-refractivity contribution in [2.75, 3.05) is 24.7 Å². The first-order valence-electron chi connectivity index (χ1n) is 12.9. The predicted octanol–water partition coefficient (Wildman–Crippen LogP) is 5.89. The molecule has 0 fully saturated rings. The van der Waals surface area contributed by atoms with Crippen LogP contribution >= 0.6 is 0 Å². The van der Waals surface area contributed by atoms with E-state index in [1.54, 1.807) is 12.1 Å². The SMILES string of the molecule is Nc1cc(N)cc(C(=O)OCCCCCOC(=O)/C=C/c2ccc(OC(=O)c3ccc(OC(F)(F)C(F)F)cc3)cc2)c1. The van der Waals surface area contributed by atoms with E-state index in [-0.39, 0.29) is 30.1 Å². The van der Waals surface area contributed by atoms with E-state index in [1.165, 1.54) is 42.5 Å². The first-order valence-corrected chi connectivity index (χ1v) is 12.9. The Kier molecular flexibility index (Phi) is 11.5. The molecule has 0 aliphatic carbocycles. The molecule has 0 bridgehead atoms. The van der Waals surface area contributed by atoms with Gasteiger partial charge in [0.15, 0.2) is 0 Å². The molecule has 0 heterocycles. The maximum atomic E-state index is 13.0. The molecule has 3 aromatic rings. The number of carbonyl (C=O) groups is 3. The zero-order chi connectivity index (χ0) is 31.4. The lowest BCUT2D eigenvalue weighted by Gasteiger charge is -2.16. The Morgan fingerprint density at radius 2 is 1.33 bits per heavy atom. The summed E-state index contributed by atoms with van der Waals surface area (Å²) in [5.74, 6) is -2.28. The van der Waals surface area contributed by atoms with Gasteiger partial charge in [-0.2, -0.15) is 17.6 Å². The van der Waals surface area contributed by atoms with Crippen molar-refractivity contribution in [1.29, 1.82) is 0 Å². The number of carbonyl (C=O) groups excluding carboxylic acids is 3. The van der Waals surface area contributed by atoms with Crippen molar-refractivity contribution in [1.82, 2.24) is 0 Å². The molecule has 3 rings (SSSR count). The highest BCUT2D eigenvalue weighted by molar-refractivity contribution is 5.92. The molecule has 4 N–H and O–H groups in total. The van der Waals surface area contributed by atoms with Crippen molar-refractivity contribution < 1.29 is 50.9 Å². The summed E-state index contributed by atoms with van der Waals surface area (Å²) in [7, 11) is 0. The van der Waals surface area contributed by atoms with E-state index in [0.717, 1.165) is 24.3 Å². The number of benzene rings is 3. The number of nitrogen functional groups attached to an aromatic ring is 2. The van der Waals surface area contributed by atoms with Crippen molar-refractivity contribution in [2.24, 2.45) is 0 Å². The van der Waals surface area contributed by atoms with Gasteiger partial charge in [-0.1, -0.05) is 12.1 Å². The van der Waals surface area contributed by atoms with Crippen molar-refractivity contribution in [3.05, 3.63) is 89.5 Å². The van der Waals surface area contributed by atoms with Crippen LogP contribution in [0.25, 0.3) is 6.08 Å². The Labute approximate surface area is 244 Å². The summed E-state index contributed by atoms with van der Waals surface area (Å²) in [6, 6.07) is 14.7. The van der Waals surface area contributed by atoms with Crippen LogP contribution in [0.15, 0.2) is 72.8 Å². The third kappa shape index (κ3) is 10.7. The van der Waals surface area contributed by atoms with Crippen LogP contribution < -0.4 is 20.9 Å². The first-order chi connectivity index (χ1) is 20.4. The monoisotopic (exact) mass is 604 g/mol. The van der Waals surface area contributed by atoms with E-state index in [4.69, 9.17) is 25.7 Å². The average Bonchev–Trinajstić information content (AvgIpc) is 2.95. The van der Waals surface area contributed by atoms with Gasteiger partial charge in [0.05, 0.1) is 24.3 Å². The Bertz CT molecular complexity index is 1410. The lowest BCUT2D eigenvalue weighted by atomic mass is 10.2. The minimum Gasteiger partial charge on any atom is -0.463 e. The number of ether oxygens (including phenoxy) is 4. The maximum Gasteiger partial charge on any atom is 0.461 e. The molecule has 9 nitrogen and oxygen atoms in total. The van der Waals surface area contributed by atoms with Gasteiger partial charge in [-0.3, -0.25) is 0 Å². The zero-order valence-electron chi connectivity index (χ0n) is 22.6. The molecule has 0 amide bonds. The Morgan fingerprint density at radius 3 is 1.93 bits per heavy atom. The first kappa shape index (κ1) is 32.4. The maximum absolute atomic E-state index is 13.0. The summed E-state index contributed by atoms with van der Waals surface area (Å²) in [5.41, 5.74) is 12.9. The van der Waals surface area contributed by atoms with Gasteiger partial charge in [0.25, 0.3) is 0 Å². The van der Waals surface area contributed by atoms with Gasteiger partial charge in [0, 0.05) is 17.5 Å². The number of halogens is 4. The summed E-state index contributed by atoms with van der Waals surface area (Å²) >= 11 is 0. The second-order valence-electron chi connectivity index (χ2n) is 9.03. The molecule has 0 aromatic heterocycles. The molecular weight excluding hydrogens is 576 g/mol. The summed E-state index contributed by atoms with van der Waals surface area (Å²) < 4.78 is 69.9. The van der Waals surface area contributed by atoms with Crippen LogP contribution in [0.4, 0.5) is 28.9 Å². The summed E-state index contributed by atoms with van der Waals surface area (Å²) in [6.45, 7) is 0.374. The van der Waals surface area contributed by atoms with Gasteiger partial charge in [0.2, 0.25) is 0 Å². The summed E-state index contributed by atoms with van der Waals surface area (Å²) in [4.78, 5) is 36.3. The van der Waals surface area contributed by atoms with E-state index >= 15 is 0 Å². The number of esters is 3. The molecular formula is C30H28F4N2O7. The van der Waals surface area contributed by atoms with Crippen LogP contribution in [0, 0.1) is 0 Å². The van der Waals surface area contributed by atoms with Gasteiger partial charge in [-0.15, -0.1) is 0 Å². The van der Waals surface area contributed by atoms with Crippen molar-refractivity contribution in [3.63, 3.8) is 0 Å². The fourth-order valence-corrected chi connectivity index (χ4v) is 3.48. The number of hydrogen-bond donors (Lipinski definition) is 2. The number of anilines is 2. The number of nitrogens with two attached hydrogens (primary N) is 2. The highest BCUT2D eigenvalue weighted by atomic mass is 19.3. The molecule has 0 aliphatic heterocycles. The van der Waals surface area contributed by atoms with Crippen LogP contribution in [0.2, 0.25) is 0 Å². The highest BCUT2D eigenvalue weighted by Gasteiger charge is 2.43. The van der Waals surface area contributed by atoms with Crippen LogP contribution in [0.1, 0.15) is 45.5 Å². The molecule has 3 aromatic carbocycles. The molecule has 0 aliphatic rings. The predicted molar refractivity (Wildman–Crippen MR) is 149 cm³/mol. The summed E-state index contributed by atoms with van der Waals surface area (Å²) in [6.07, 6.45) is -4.12. The van der Waals surface area contributed by atoms with E-state index < -0.39 is 36.2 Å². The topological polar surface area (TPSA) is 140 Å². The van der Waals surface area contributed by atoms with Crippen LogP contribution in [-0.4, -0.2) is 43.7 Å². The van der Waals surface area contributed by atoms with Gasteiger partial charge in [-0.25, -0.2) is 14.4 Å². The second kappa shape index (κ2) is 15.2. The zero-order valence-corrected chi connectivity index (χ0v) is 22.6. The number of hydrogen-bond acceptors (Lipinski definition) is 9. The quantitative estimate of drug-likeness (QED) is 0.0576. The van der Waals surface area contributed by atoms with Gasteiger partial charge < -0.3 is 30.4 Å². The Balaban J connectivity index is 1.33. The summed E-state index contributed by atoms with van der Waals surface area (Å²) in [5, 5.41) is 0. The fourth-order valence-electron chi connectivity index (χ4n) is 3.48. The van der Waals surface area contributed by atoms with Crippen LogP contribution in [0.5, 0.6) is 11.5 Å². The molecule has 0 unspecified atom stereocenters. The van der Waals surface area contributed by atoms with E-state index in [2.05, 4.69) is 4.74 Å². The third-order valence-electron chi connectivity index (χ3n) is 5.58. The fraction of sp³-hybridized carbons (Fsp3) is 0.233. The van der Waals surface area contributed by atoms with Crippen LogP contribution in [0.3, 0.4) is 0 Å². The number of unbranched alkanes of at least 4 members (excludes halogenated alkanes) is 2. The van der Waals surface area contributed by atoms with Crippen LogP contribution in [-0.2, 0) is 14.3 Å². The van der Waals surface area contributed by atoms with Crippen molar-refractivity contribution in [2.45, 2.75) is 31.8 Å². The van der Waals surface area contributed by atoms with E-state index in [0.29, 0.717) is 36.2 Å². The largest absolute Gasteiger partial charge is 0.463 e. The lowest BCUT2D eigenvalue weighted by Crippen LogP contribution is -2.33. The molecule has 0 radical (unpaired) electrons. The lowest BCUT2D eigenvalue weighted by molar-refractivity contribution is -0.253. The minimum atomic E-state index is -4.66. The number of rotatable bonds is 14. The second-order valence-corrected chi connectivity index (χ2v) is 9.03. The third-order valence-corrected chi connectivity index (χ3v) is 5.58. The highest BCUT2D eigenvalue weighted by Crippen LogP contribution is 2.27.